The maximum absolute atomic E-state index is 12.2. The van der Waals surface area contributed by atoms with Crippen molar-refractivity contribution in [3.63, 3.8) is 0 Å². The number of nitrogens with two attached hydrogens (primary N) is 1. The average Bonchev–Trinajstić information content (AvgIpc) is 2.00. The smallest absolute Gasteiger partial charge is 0.267 e. The number of alkyl halides is 2. The Labute approximate surface area is 84.4 Å². The molecule has 0 aromatic carbocycles. The predicted molar refractivity (Wildman–Crippen MR) is 49.0 cm³/mol. The molecule has 12 heavy (non-hydrogen) atoms. The Balaban J connectivity index is 3.27. The molecule has 1 aromatic heterocycles. The Morgan fingerprint density at radius 1 is 1.42 bits per heavy atom. The van der Waals surface area contributed by atoms with E-state index < -0.39 is 6.43 Å². The van der Waals surface area contributed by atoms with E-state index in [2.05, 4.69) is 36.8 Å². The molecule has 6 heteroatoms. The van der Waals surface area contributed by atoms with E-state index in [1.165, 1.54) is 0 Å². The Morgan fingerprint density at radius 3 is 2.50 bits per heavy atom. The molecule has 0 aliphatic carbocycles. The first kappa shape index (κ1) is 9.85. The fourth-order valence-electron chi connectivity index (χ4n) is 0.664. The summed E-state index contributed by atoms with van der Waals surface area (Å²) in [6.45, 7) is 0. The summed E-state index contributed by atoms with van der Waals surface area (Å²) in [5, 5.41) is 0. The van der Waals surface area contributed by atoms with E-state index in [0.717, 1.165) is 6.20 Å². The van der Waals surface area contributed by atoms with E-state index in [0.29, 0.717) is 9.08 Å². The van der Waals surface area contributed by atoms with E-state index in [4.69, 9.17) is 5.73 Å². The highest BCUT2D eigenvalue weighted by atomic mass is 79.9. The second kappa shape index (κ2) is 3.66. The zero-order valence-electron chi connectivity index (χ0n) is 5.69. The van der Waals surface area contributed by atoms with Gasteiger partial charge in [0.1, 0.15) is 4.60 Å². The van der Waals surface area contributed by atoms with Gasteiger partial charge in [-0.1, -0.05) is 0 Å². The molecule has 1 heterocycles. The summed E-state index contributed by atoms with van der Waals surface area (Å²) in [5.41, 5.74) is 5.15. The van der Waals surface area contributed by atoms with Crippen LogP contribution in [0.4, 0.5) is 14.5 Å². The van der Waals surface area contributed by atoms with Gasteiger partial charge in [-0.15, -0.1) is 0 Å². The van der Waals surface area contributed by atoms with E-state index in [9.17, 15) is 8.78 Å². The Hall–Kier alpha value is -0.230. The van der Waals surface area contributed by atoms with Gasteiger partial charge in [0, 0.05) is 6.20 Å². The molecule has 0 bridgehead atoms. The monoisotopic (exact) mass is 300 g/mol. The average molecular weight is 302 g/mol. The molecule has 66 valence electrons. The lowest BCUT2D eigenvalue weighted by atomic mass is 10.2. The molecule has 0 amide bonds. The van der Waals surface area contributed by atoms with Crippen LogP contribution in [0.3, 0.4) is 0 Å². The van der Waals surface area contributed by atoms with Gasteiger partial charge in [0.15, 0.2) is 0 Å². The number of halogens is 4. The Bertz CT molecular complexity index is 304. The minimum Gasteiger partial charge on any atom is -0.397 e. The van der Waals surface area contributed by atoms with Crippen molar-refractivity contribution >= 4 is 37.5 Å². The van der Waals surface area contributed by atoms with Gasteiger partial charge in [0.05, 0.1) is 15.7 Å². The van der Waals surface area contributed by atoms with Gasteiger partial charge >= 0.3 is 0 Å². The first-order valence-corrected chi connectivity index (χ1v) is 4.50. The van der Waals surface area contributed by atoms with E-state index in [1.54, 1.807) is 0 Å². The van der Waals surface area contributed by atoms with Gasteiger partial charge in [0.25, 0.3) is 6.43 Å². The third-order valence-electron chi connectivity index (χ3n) is 1.28. The maximum atomic E-state index is 12.2. The number of hydrogen-bond acceptors (Lipinski definition) is 2. The lowest BCUT2D eigenvalue weighted by molar-refractivity contribution is 0.151. The van der Waals surface area contributed by atoms with Crippen LogP contribution in [0.5, 0.6) is 0 Å². The molecule has 2 N–H and O–H groups in total. The van der Waals surface area contributed by atoms with Gasteiger partial charge in [-0.25, -0.2) is 13.8 Å². The van der Waals surface area contributed by atoms with Crippen molar-refractivity contribution in [1.82, 2.24) is 4.98 Å². The van der Waals surface area contributed by atoms with E-state index in [-0.39, 0.29) is 11.3 Å². The first-order chi connectivity index (χ1) is 5.54. The van der Waals surface area contributed by atoms with Crippen molar-refractivity contribution in [2.45, 2.75) is 6.43 Å². The van der Waals surface area contributed by atoms with Crippen LogP contribution in [0.25, 0.3) is 0 Å². The zero-order chi connectivity index (χ0) is 9.30. The molecule has 1 rings (SSSR count). The molecule has 0 saturated carbocycles. The summed E-state index contributed by atoms with van der Waals surface area (Å²) >= 11 is 6.08. The van der Waals surface area contributed by atoms with E-state index in [1.807, 2.05) is 0 Å². The summed E-state index contributed by atoms with van der Waals surface area (Å²) in [7, 11) is 0. The lowest BCUT2D eigenvalue weighted by Gasteiger charge is -2.06. The lowest BCUT2D eigenvalue weighted by Crippen LogP contribution is -1.98. The number of aromatic nitrogens is 1. The molecule has 2 nitrogen and oxygen atoms in total. The van der Waals surface area contributed by atoms with Crippen molar-refractivity contribution in [3.8, 4) is 0 Å². The van der Waals surface area contributed by atoms with Crippen molar-refractivity contribution in [3.05, 3.63) is 20.8 Å². The first-order valence-electron chi connectivity index (χ1n) is 2.91. The molecule has 1 aromatic rings. The standard InChI is InChI=1S/C6H4Br2F2N2/c7-3-4(11)2(6(9)10)1-12-5(3)8/h1,6H,(H2,11,12). The molecule has 0 radical (unpaired) electrons. The SMILES string of the molecule is Nc1c(C(F)F)cnc(Br)c1Br. The number of hydrogen-bond donors (Lipinski definition) is 1. The van der Waals surface area contributed by atoms with Crippen molar-refractivity contribution in [1.29, 1.82) is 0 Å². The number of anilines is 1. The minimum absolute atomic E-state index is 0.0203. The fourth-order valence-corrected chi connectivity index (χ4v) is 1.31. The summed E-state index contributed by atoms with van der Waals surface area (Å²) in [6, 6.07) is 0. The topological polar surface area (TPSA) is 38.9 Å². The summed E-state index contributed by atoms with van der Waals surface area (Å²) in [4.78, 5) is 3.67. The third kappa shape index (κ3) is 1.74. The normalized spacial score (nSPS) is 10.8. The van der Waals surface area contributed by atoms with Crippen molar-refractivity contribution < 1.29 is 8.78 Å². The van der Waals surface area contributed by atoms with Gasteiger partial charge in [0.2, 0.25) is 0 Å². The van der Waals surface area contributed by atoms with Gasteiger partial charge in [-0.05, 0) is 31.9 Å². The van der Waals surface area contributed by atoms with Crippen LogP contribution in [0.15, 0.2) is 15.3 Å². The number of nitrogens with zero attached hydrogens (tertiary/aromatic N) is 1. The number of pyridine rings is 1. The quantitative estimate of drug-likeness (QED) is 0.810. The van der Waals surface area contributed by atoms with Crippen molar-refractivity contribution in [2.24, 2.45) is 0 Å². The zero-order valence-corrected chi connectivity index (χ0v) is 8.86. The predicted octanol–water partition coefficient (Wildman–Crippen LogP) is 3.13. The van der Waals surface area contributed by atoms with Gasteiger partial charge in [-0.3, -0.25) is 0 Å². The van der Waals surface area contributed by atoms with Crippen LogP contribution in [0, 0.1) is 0 Å². The van der Waals surface area contributed by atoms with Crippen LogP contribution in [-0.4, -0.2) is 4.98 Å². The van der Waals surface area contributed by atoms with Gasteiger partial charge < -0.3 is 5.73 Å². The van der Waals surface area contributed by atoms with E-state index >= 15 is 0 Å². The number of nitrogen functional groups attached to an aromatic ring is 1. The summed E-state index contributed by atoms with van der Waals surface area (Å²) in [6.07, 6.45) is -1.55. The highest BCUT2D eigenvalue weighted by Gasteiger charge is 2.15. The maximum Gasteiger partial charge on any atom is 0.267 e. The molecule has 0 unspecified atom stereocenters. The Kier molecular flexibility index (Phi) is 3.00. The molecule has 0 aliphatic heterocycles. The van der Waals surface area contributed by atoms with Crippen LogP contribution < -0.4 is 5.73 Å². The van der Waals surface area contributed by atoms with Crippen LogP contribution >= 0.6 is 31.9 Å². The summed E-state index contributed by atoms with van der Waals surface area (Å²) in [5.74, 6) is 0. The second-order valence-electron chi connectivity index (χ2n) is 2.03. The third-order valence-corrected chi connectivity index (χ3v) is 3.22. The van der Waals surface area contributed by atoms with Crippen LogP contribution in [-0.2, 0) is 0 Å². The fraction of sp³-hybridized carbons (Fsp3) is 0.167. The molecular weight excluding hydrogens is 298 g/mol. The molecule has 0 saturated heterocycles. The molecular formula is C6H4Br2F2N2. The van der Waals surface area contributed by atoms with Crippen LogP contribution in [0.1, 0.15) is 12.0 Å². The molecule has 0 aliphatic rings. The molecule has 0 atom stereocenters. The highest BCUT2D eigenvalue weighted by molar-refractivity contribution is 9.13. The van der Waals surface area contributed by atoms with Crippen LogP contribution in [0.2, 0.25) is 0 Å². The second-order valence-corrected chi connectivity index (χ2v) is 3.58. The number of rotatable bonds is 1. The Morgan fingerprint density at radius 2 is 2.00 bits per heavy atom. The highest BCUT2D eigenvalue weighted by Crippen LogP contribution is 2.33. The molecule has 0 spiro atoms. The molecule has 0 fully saturated rings. The summed E-state index contributed by atoms with van der Waals surface area (Å²) < 4.78 is 25.1. The minimum atomic E-state index is -2.60. The van der Waals surface area contributed by atoms with Gasteiger partial charge in [-0.2, -0.15) is 0 Å². The largest absolute Gasteiger partial charge is 0.397 e. The van der Waals surface area contributed by atoms with Crippen molar-refractivity contribution in [2.75, 3.05) is 5.73 Å².